The number of aromatic nitrogens is 3. The van der Waals surface area contributed by atoms with Gasteiger partial charge in [0.05, 0.1) is 12.2 Å². The lowest BCUT2D eigenvalue weighted by atomic mass is 10.0. The summed E-state index contributed by atoms with van der Waals surface area (Å²) in [5.41, 5.74) is 2.74. The number of amides is 1. The average Bonchev–Trinajstić information content (AvgIpc) is 2.66. The third kappa shape index (κ3) is 4.24. The van der Waals surface area contributed by atoms with Crippen LogP contribution in [0.25, 0.3) is 11.4 Å². The highest BCUT2D eigenvalue weighted by Crippen LogP contribution is 2.28. The summed E-state index contributed by atoms with van der Waals surface area (Å²) in [6.07, 6.45) is 3.64. The molecule has 3 heterocycles. The lowest BCUT2D eigenvalue weighted by Gasteiger charge is -2.32. The number of fused-ring (bicyclic) bond motifs is 1. The first-order valence-corrected chi connectivity index (χ1v) is 9.31. The van der Waals surface area contributed by atoms with Crippen molar-refractivity contribution < 1.29 is 9.90 Å². The molecule has 0 bridgehead atoms. The summed E-state index contributed by atoms with van der Waals surface area (Å²) in [6, 6.07) is 3.78. The third-order valence-corrected chi connectivity index (χ3v) is 4.68. The van der Waals surface area contributed by atoms with Crippen LogP contribution in [-0.2, 0) is 17.8 Å². The summed E-state index contributed by atoms with van der Waals surface area (Å²) < 4.78 is 0. The van der Waals surface area contributed by atoms with Crippen molar-refractivity contribution in [2.24, 2.45) is 5.92 Å². The van der Waals surface area contributed by atoms with E-state index in [2.05, 4.69) is 4.98 Å². The molecule has 2 aromatic rings. The predicted octanol–water partition coefficient (Wildman–Crippen LogP) is 1.90. The van der Waals surface area contributed by atoms with Crippen molar-refractivity contribution in [1.82, 2.24) is 19.9 Å². The summed E-state index contributed by atoms with van der Waals surface area (Å²) in [6.45, 7) is 4.95. The number of aliphatic hydroxyl groups is 1. The van der Waals surface area contributed by atoms with E-state index in [0.29, 0.717) is 31.8 Å². The molecule has 0 saturated carbocycles. The van der Waals surface area contributed by atoms with Gasteiger partial charge < -0.3 is 14.9 Å². The second kappa shape index (κ2) is 8.00. The molecule has 1 atom stereocenters. The molecule has 1 aliphatic rings. The molecular weight excluding hydrogens is 342 g/mol. The Morgan fingerprint density at radius 1 is 1.33 bits per heavy atom. The van der Waals surface area contributed by atoms with Crippen LogP contribution in [-0.4, -0.2) is 57.6 Å². The van der Waals surface area contributed by atoms with E-state index in [1.165, 1.54) is 0 Å². The topological polar surface area (TPSA) is 82.4 Å². The minimum atomic E-state index is -0.959. The minimum Gasteiger partial charge on any atom is -0.383 e. The Morgan fingerprint density at radius 2 is 2.11 bits per heavy atom. The summed E-state index contributed by atoms with van der Waals surface area (Å²) >= 11 is 0. The van der Waals surface area contributed by atoms with Gasteiger partial charge in [-0.3, -0.25) is 9.78 Å². The predicted molar refractivity (Wildman–Crippen MR) is 104 cm³/mol. The molecule has 1 N–H and O–H groups in total. The quantitative estimate of drug-likeness (QED) is 0.867. The number of rotatable bonds is 5. The molecule has 0 aromatic carbocycles. The standard InChI is InChI=1S/C20H27N5O2/c1-13(2)10-17(26)20(27)25-9-7-15-16(12-25)22-18(23-19(15)24(3)4)14-6-5-8-21-11-14/h5-6,8,11,13,17,26H,7,9-10,12H2,1-4H3/t17-/m0/s1. The van der Waals surface area contributed by atoms with E-state index < -0.39 is 6.10 Å². The monoisotopic (exact) mass is 369 g/mol. The van der Waals surface area contributed by atoms with Gasteiger partial charge in [0.15, 0.2) is 5.82 Å². The number of nitrogens with zero attached hydrogens (tertiary/aromatic N) is 5. The molecule has 1 amide bonds. The van der Waals surface area contributed by atoms with Crippen LogP contribution in [0, 0.1) is 5.92 Å². The molecule has 3 rings (SSSR count). The third-order valence-electron chi connectivity index (χ3n) is 4.68. The molecule has 0 aliphatic carbocycles. The molecule has 0 saturated heterocycles. The summed E-state index contributed by atoms with van der Waals surface area (Å²) in [7, 11) is 3.92. The lowest BCUT2D eigenvalue weighted by Crippen LogP contribution is -2.43. The minimum absolute atomic E-state index is 0.220. The molecular formula is C20H27N5O2. The van der Waals surface area contributed by atoms with Crippen LogP contribution >= 0.6 is 0 Å². The second-order valence-electron chi connectivity index (χ2n) is 7.59. The summed E-state index contributed by atoms with van der Waals surface area (Å²) in [5, 5.41) is 10.2. The lowest BCUT2D eigenvalue weighted by molar-refractivity contribution is -0.142. The van der Waals surface area contributed by atoms with Crippen LogP contribution < -0.4 is 4.90 Å². The van der Waals surface area contributed by atoms with Crippen molar-refractivity contribution in [2.75, 3.05) is 25.5 Å². The van der Waals surface area contributed by atoms with Crippen LogP contribution in [0.1, 0.15) is 31.5 Å². The normalized spacial score (nSPS) is 14.8. The van der Waals surface area contributed by atoms with E-state index >= 15 is 0 Å². The second-order valence-corrected chi connectivity index (χ2v) is 7.59. The Bertz CT molecular complexity index is 808. The van der Waals surface area contributed by atoms with Gasteiger partial charge in [0.25, 0.3) is 5.91 Å². The van der Waals surface area contributed by atoms with Crippen LogP contribution in [0.5, 0.6) is 0 Å². The first kappa shape index (κ1) is 19.2. The molecule has 144 valence electrons. The smallest absolute Gasteiger partial charge is 0.251 e. The van der Waals surface area contributed by atoms with Crippen molar-refractivity contribution in [3.63, 3.8) is 0 Å². The van der Waals surface area contributed by atoms with Gasteiger partial charge in [-0.1, -0.05) is 13.8 Å². The van der Waals surface area contributed by atoms with Gasteiger partial charge in [-0.25, -0.2) is 9.97 Å². The van der Waals surface area contributed by atoms with Gasteiger partial charge in [-0.15, -0.1) is 0 Å². The van der Waals surface area contributed by atoms with E-state index in [9.17, 15) is 9.90 Å². The first-order valence-electron chi connectivity index (χ1n) is 9.31. The molecule has 27 heavy (non-hydrogen) atoms. The van der Waals surface area contributed by atoms with Gasteiger partial charge >= 0.3 is 0 Å². The van der Waals surface area contributed by atoms with Crippen molar-refractivity contribution in [1.29, 1.82) is 0 Å². The Hall–Kier alpha value is -2.54. The fraction of sp³-hybridized carbons (Fsp3) is 0.500. The van der Waals surface area contributed by atoms with Crippen LogP contribution in [0.2, 0.25) is 0 Å². The molecule has 7 nitrogen and oxygen atoms in total. The largest absolute Gasteiger partial charge is 0.383 e. The van der Waals surface area contributed by atoms with Gasteiger partial charge in [-0.05, 0) is 30.9 Å². The fourth-order valence-corrected chi connectivity index (χ4v) is 3.35. The SMILES string of the molecule is CC(C)C[C@H](O)C(=O)N1CCc2c(nc(-c3cccnc3)nc2N(C)C)C1. The summed E-state index contributed by atoms with van der Waals surface area (Å²) in [4.78, 5) is 29.9. The molecule has 0 radical (unpaired) electrons. The molecule has 7 heteroatoms. The fourth-order valence-electron chi connectivity index (χ4n) is 3.35. The number of carbonyl (C=O) groups excluding carboxylic acids is 1. The molecule has 0 fully saturated rings. The number of carbonyl (C=O) groups is 1. The van der Waals surface area contributed by atoms with Crippen molar-refractivity contribution >= 4 is 11.7 Å². The highest BCUT2D eigenvalue weighted by Gasteiger charge is 2.29. The van der Waals surface area contributed by atoms with Crippen LogP contribution in [0.3, 0.4) is 0 Å². The Kier molecular flexibility index (Phi) is 5.70. The molecule has 1 aliphatic heterocycles. The number of pyridine rings is 1. The van der Waals surface area contributed by atoms with Crippen molar-refractivity contribution in [3.05, 3.63) is 35.8 Å². The zero-order valence-corrected chi connectivity index (χ0v) is 16.4. The maximum Gasteiger partial charge on any atom is 0.251 e. The Balaban J connectivity index is 1.92. The number of anilines is 1. The van der Waals surface area contributed by atoms with Gasteiger partial charge in [-0.2, -0.15) is 0 Å². The molecule has 0 spiro atoms. The van der Waals surface area contributed by atoms with E-state index in [-0.39, 0.29) is 11.8 Å². The zero-order chi connectivity index (χ0) is 19.6. The van der Waals surface area contributed by atoms with E-state index in [0.717, 1.165) is 22.6 Å². The van der Waals surface area contributed by atoms with E-state index in [1.54, 1.807) is 17.3 Å². The maximum absolute atomic E-state index is 12.6. The summed E-state index contributed by atoms with van der Waals surface area (Å²) in [5.74, 6) is 1.51. The number of aliphatic hydroxyl groups excluding tert-OH is 1. The zero-order valence-electron chi connectivity index (χ0n) is 16.4. The van der Waals surface area contributed by atoms with Crippen LogP contribution in [0.4, 0.5) is 5.82 Å². The maximum atomic E-state index is 12.6. The van der Waals surface area contributed by atoms with Crippen LogP contribution in [0.15, 0.2) is 24.5 Å². The van der Waals surface area contributed by atoms with Crippen molar-refractivity contribution in [2.45, 2.75) is 39.3 Å². The van der Waals surface area contributed by atoms with E-state index in [1.807, 2.05) is 45.0 Å². The van der Waals surface area contributed by atoms with Gasteiger partial charge in [0, 0.05) is 44.2 Å². The highest BCUT2D eigenvalue weighted by molar-refractivity contribution is 5.81. The number of hydrogen-bond acceptors (Lipinski definition) is 6. The van der Waals surface area contributed by atoms with E-state index in [4.69, 9.17) is 9.97 Å². The Morgan fingerprint density at radius 3 is 2.74 bits per heavy atom. The van der Waals surface area contributed by atoms with Gasteiger partial charge in [0.1, 0.15) is 11.9 Å². The molecule has 2 aromatic heterocycles. The molecule has 0 unspecified atom stereocenters. The number of hydrogen-bond donors (Lipinski definition) is 1. The highest BCUT2D eigenvalue weighted by atomic mass is 16.3. The average molecular weight is 369 g/mol. The van der Waals surface area contributed by atoms with Gasteiger partial charge in [0.2, 0.25) is 0 Å². The Labute approximate surface area is 160 Å². The van der Waals surface area contributed by atoms with Crippen molar-refractivity contribution in [3.8, 4) is 11.4 Å². The first-order chi connectivity index (χ1) is 12.9.